The molecule has 0 aliphatic heterocycles. The van der Waals surface area contributed by atoms with Crippen LogP contribution in [0.2, 0.25) is 0 Å². The Bertz CT molecular complexity index is 647. The van der Waals surface area contributed by atoms with Gasteiger partial charge >= 0.3 is 6.09 Å². The molecule has 0 aromatic heterocycles. The molecule has 1 N–H and O–H groups in total. The lowest BCUT2D eigenvalue weighted by Crippen LogP contribution is -2.16. The molecule has 0 saturated heterocycles. The molecule has 114 valence electrons. The largest absolute Gasteiger partial charge is 0.497 e. The molecule has 0 aliphatic carbocycles. The van der Waals surface area contributed by atoms with Gasteiger partial charge in [-0.3, -0.25) is 10.1 Å². The van der Waals surface area contributed by atoms with Crippen molar-refractivity contribution in [3.8, 4) is 11.5 Å². The Morgan fingerprint density at radius 3 is 2.09 bits per heavy atom. The first-order chi connectivity index (χ1) is 10.6. The molecule has 22 heavy (non-hydrogen) atoms. The van der Waals surface area contributed by atoms with Gasteiger partial charge in [0.25, 0.3) is 0 Å². The van der Waals surface area contributed by atoms with Crippen molar-refractivity contribution in [3.63, 3.8) is 0 Å². The van der Waals surface area contributed by atoms with Crippen LogP contribution in [0.4, 0.5) is 10.5 Å². The molecule has 0 aliphatic rings. The molecular formula is C17H17NO4. The molecule has 0 saturated carbocycles. The van der Waals surface area contributed by atoms with Crippen molar-refractivity contribution in [1.82, 2.24) is 0 Å². The minimum absolute atomic E-state index is 0.0502. The number of carbonyl (C=O) groups excluding carboxylic acids is 2. The van der Waals surface area contributed by atoms with Crippen molar-refractivity contribution in [2.45, 2.75) is 13.3 Å². The molecular weight excluding hydrogens is 282 g/mol. The number of ether oxygens (including phenoxy) is 2. The smallest absolute Gasteiger partial charge is 0.417 e. The maximum atomic E-state index is 11.8. The van der Waals surface area contributed by atoms with Crippen LogP contribution in [0.1, 0.15) is 23.7 Å². The van der Waals surface area contributed by atoms with Gasteiger partial charge in [0.1, 0.15) is 11.5 Å². The van der Waals surface area contributed by atoms with E-state index in [2.05, 4.69) is 5.32 Å². The van der Waals surface area contributed by atoms with Crippen LogP contribution in [-0.4, -0.2) is 19.0 Å². The molecule has 1 amide bonds. The molecule has 0 atom stereocenters. The van der Waals surface area contributed by atoms with Crippen LogP contribution in [0.3, 0.4) is 0 Å². The monoisotopic (exact) mass is 299 g/mol. The quantitative estimate of drug-likeness (QED) is 0.850. The zero-order valence-electron chi connectivity index (χ0n) is 12.5. The standard InChI is InChI=1S/C17H17NO4/c1-3-16(19)12-4-8-15(9-5-12)22-17(20)18-13-6-10-14(21-2)11-7-13/h4-11H,3H2,1-2H3,(H,18,20). The summed E-state index contributed by atoms with van der Waals surface area (Å²) in [5.74, 6) is 1.13. The molecule has 2 aromatic rings. The molecule has 0 heterocycles. The van der Waals surface area contributed by atoms with E-state index in [1.54, 1.807) is 62.6 Å². The summed E-state index contributed by atoms with van der Waals surface area (Å²) in [5, 5.41) is 2.61. The van der Waals surface area contributed by atoms with Crippen molar-refractivity contribution >= 4 is 17.6 Å². The fourth-order valence-corrected chi connectivity index (χ4v) is 1.84. The minimum Gasteiger partial charge on any atom is -0.497 e. The number of nitrogens with one attached hydrogen (secondary N) is 1. The molecule has 5 heteroatoms. The van der Waals surface area contributed by atoms with Crippen molar-refractivity contribution in [2.75, 3.05) is 12.4 Å². The summed E-state index contributed by atoms with van der Waals surface area (Å²) >= 11 is 0. The second kappa shape index (κ2) is 7.26. The summed E-state index contributed by atoms with van der Waals surface area (Å²) < 4.78 is 10.2. The van der Waals surface area contributed by atoms with E-state index >= 15 is 0 Å². The number of rotatable bonds is 5. The Labute approximate surface area is 128 Å². The fraction of sp³-hybridized carbons (Fsp3) is 0.176. The zero-order chi connectivity index (χ0) is 15.9. The normalized spacial score (nSPS) is 9.91. The van der Waals surface area contributed by atoms with Crippen LogP contribution in [-0.2, 0) is 0 Å². The number of Topliss-reactive ketones (excluding diaryl/α,β-unsaturated/α-hetero) is 1. The number of hydrogen-bond donors (Lipinski definition) is 1. The highest BCUT2D eigenvalue weighted by Crippen LogP contribution is 2.17. The Morgan fingerprint density at radius 1 is 0.955 bits per heavy atom. The molecule has 0 spiro atoms. The van der Waals surface area contributed by atoms with E-state index in [-0.39, 0.29) is 5.78 Å². The lowest BCUT2D eigenvalue weighted by Gasteiger charge is -2.07. The number of methoxy groups -OCH3 is 1. The number of carbonyl (C=O) groups is 2. The number of anilines is 1. The van der Waals surface area contributed by atoms with E-state index in [0.717, 1.165) is 0 Å². The topological polar surface area (TPSA) is 64.6 Å². The van der Waals surface area contributed by atoms with Gasteiger partial charge in [-0.15, -0.1) is 0 Å². The van der Waals surface area contributed by atoms with Gasteiger partial charge in [0.05, 0.1) is 7.11 Å². The van der Waals surface area contributed by atoms with Gasteiger partial charge < -0.3 is 9.47 Å². The average Bonchev–Trinajstić information content (AvgIpc) is 2.55. The van der Waals surface area contributed by atoms with Crippen LogP contribution in [0.25, 0.3) is 0 Å². The first-order valence-electron chi connectivity index (χ1n) is 6.88. The van der Waals surface area contributed by atoms with Gasteiger partial charge in [0, 0.05) is 17.7 Å². The summed E-state index contributed by atoms with van der Waals surface area (Å²) in [6.45, 7) is 1.80. The zero-order valence-corrected chi connectivity index (χ0v) is 12.5. The second-order valence-electron chi connectivity index (χ2n) is 4.54. The van der Waals surface area contributed by atoms with E-state index < -0.39 is 6.09 Å². The minimum atomic E-state index is -0.597. The summed E-state index contributed by atoms with van der Waals surface area (Å²) in [4.78, 5) is 23.3. The SMILES string of the molecule is CCC(=O)c1ccc(OC(=O)Nc2ccc(OC)cc2)cc1. The van der Waals surface area contributed by atoms with Crippen molar-refractivity contribution in [1.29, 1.82) is 0 Å². The van der Waals surface area contributed by atoms with Gasteiger partial charge in [0.2, 0.25) is 0 Å². The van der Waals surface area contributed by atoms with E-state index in [1.165, 1.54) is 0 Å². The Hall–Kier alpha value is -2.82. The maximum absolute atomic E-state index is 11.8. The summed E-state index contributed by atoms with van der Waals surface area (Å²) in [5.41, 5.74) is 1.20. The van der Waals surface area contributed by atoms with Crippen molar-refractivity contribution < 1.29 is 19.1 Å². The predicted molar refractivity (Wildman–Crippen MR) is 83.7 cm³/mol. The maximum Gasteiger partial charge on any atom is 0.417 e. The third kappa shape index (κ3) is 4.09. The van der Waals surface area contributed by atoms with Gasteiger partial charge in [0.15, 0.2) is 5.78 Å². The molecule has 0 bridgehead atoms. The van der Waals surface area contributed by atoms with Crippen LogP contribution < -0.4 is 14.8 Å². The first kappa shape index (κ1) is 15.6. The molecule has 0 fully saturated rings. The Morgan fingerprint density at radius 2 is 1.55 bits per heavy atom. The highest BCUT2D eigenvalue weighted by molar-refractivity contribution is 5.96. The Kier molecular flexibility index (Phi) is 5.14. The summed E-state index contributed by atoms with van der Waals surface area (Å²) in [6, 6.07) is 13.4. The molecule has 2 aromatic carbocycles. The highest BCUT2D eigenvalue weighted by Gasteiger charge is 2.07. The lowest BCUT2D eigenvalue weighted by atomic mass is 10.1. The molecule has 0 unspecified atom stereocenters. The molecule has 0 radical (unpaired) electrons. The molecule has 2 rings (SSSR count). The van der Waals surface area contributed by atoms with Crippen molar-refractivity contribution in [2.24, 2.45) is 0 Å². The fourth-order valence-electron chi connectivity index (χ4n) is 1.84. The first-order valence-corrected chi connectivity index (χ1v) is 6.88. The lowest BCUT2D eigenvalue weighted by molar-refractivity contribution is 0.0988. The summed E-state index contributed by atoms with van der Waals surface area (Å²) in [7, 11) is 1.57. The van der Waals surface area contributed by atoms with Crippen LogP contribution >= 0.6 is 0 Å². The van der Waals surface area contributed by atoms with E-state index in [9.17, 15) is 9.59 Å². The number of benzene rings is 2. The van der Waals surface area contributed by atoms with Crippen LogP contribution in [0.15, 0.2) is 48.5 Å². The van der Waals surface area contributed by atoms with Gasteiger partial charge in [-0.2, -0.15) is 0 Å². The molecule has 5 nitrogen and oxygen atoms in total. The number of amides is 1. The van der Waals surface area contributed by atoms with Gasteiger partial charge in [-0.05, 0) is 48.5 Å². The van der Waals surface area contributed by atoms with Crippen molar-refractivity contribution in [3.05, 3.63) is 54.1 Å². The van der Waals surface area contributed by atoms with E-state index in [0.29, 0.717) is 29.2 Å². The van der Waals surface area contributed by atoms with E-state index in [4.69, 9.17) is 9.47 Å². The van der Waals surface area contributed by atoms with Gasteiger partial charge in [-0.25, -0.2) is 4.79 Å². The third-order valence-corrected chi connectivity index (χ3v) is 3.04. The average molecular weight is 299 g/mol. The van der Waals surface area contributed by atoms with Crippen LogP contribution in [0.5, 0.6) is 11.5 Å². The summed E-state index contributed by atoms with van der Waals surface area (Å²) in [6.07, 6.45) is -0.155. The van der Waals surface area contributed by atoms with E-state index in [1.807, 2.05) is 0 Å². The highest BCUT2D eigenvalue weighted by atomic mass is 16.6. The Balaban J connectivity index is 1.94. The van der Waals surface area contributed by atoms with Gasteiger partial charge in [-0.1, -0.05) is 6.92 Å². The number of ketones is 1. The number of hydrogen-bond acceptors (Lipinski definition) is 4. The van der Waals surface area contributed by atoms with Crippen LogP contribution in [0, 0.1) is 0 Å². The predicted octanol–water partition coefficient (Wildman–Crippen LogP) is 3.90. The second-order valence-corrected chi connectivity index (χ2v) is 4.54. The third-order valence-electron chi connectivity index (χ3n) is 3.04.